The monoisotopic (exact) mass is 378 g/mol. The van der Waals surface area contributed by atoms with Crippen LogP contribution in [0, 0.1) is 11.6 Å². The number of furan rings is 1. The zero-order valence-corrected chi connectivity index (χ0v) is 13.9. The second kappa shape index (κ2) is 6.96. The molecule has 26 heavy (non-hydrogen) atoms. The summed E-state index contributed by atoms with van der Waals surface area (Å²) in [5, 5.41) is 2.53. The highest BCUT2D eigenvalue weighted by Crippen LogP contribution is 2.22. The lowest BCUT2D eigenvalue weighted by molar-refractivity contribution is 0.0996. The Kier molecular flexibility index (Phi) is 4.72. The van der Waals surface area contributed by atoms with E-state index in [0.29, 0.717) is 6.07 Å². The predicted octanol–water partition coefficient (Wildman–Crippen LogP) is 3.61. The Balaban J connectivity index is 1.82. The molecule has 0 spiro atoms. The summed E-state index contributed by atoms with van der Waals surface area (Å²) in [6.45, 7) is 0. The van der Waals surface area contributed by atoms with Crippen molar-refractivity contribution in [3.8, 4) is 0 Å². The third-order valence-corrected chi connectivity index (χ3v) is 4.70. The molecule has 2 aromatic carbocycles. The lowest BCUT2D eigenvalue weighted by Gasteiger charge is -2.10. The van der Waals surface area contributed by atoms with Gasteiger partial charge in [-0.1, -0.05) is 6.07 Å². The standard InChI is InChI=1S/C17H12F2N2O4S/c18-11-6-7-14(19)16(9-11)26(23,24)21-13-4-1-3-12(10-13)20-17(22)15-5-2-8-25-15/h1-10,21H,(H,20,22). The molecule has 0 unspecified atom stereocenters. The van der Waals surface area contributed by atoms with E-state index in [4.69, 9.17) is 4.42 Å². The molecule has 3 rings (SSSR count). The quantitative estimate of drug-likeness (QED) is 0.710. The minimum Gasteiger partial charge on any atom is -0.459 e. The molecule has 134 valence electrons. The van der Waals surface area contributed by atoms with E-state index in [1.54, 1.807) is 6.07 Å². The van der Waals surface area contributed by atoms with E-state index in [1.807, 2.05) is 0 Å². The molecule has 0 bridgehead atoms. The Labute approximate surface area is 147 Å². The van der Waals surface area contributed by atoms with E-state index < -0.39 is 32.5 Å². The third kappa shape index (κ3) is 3.89. The first kappa shape index (κ1) is 17.6. The van der Waals surface area contributed by atoms with E-state index in [1.165, 1.54) is 36.6 Å². The molecule has 6 nitrogen and oxygen atoms in total. The molecule has 0 radical (unpaired) electrons. The summed E-state index contributed by atoms with van der Waals surface area (Å²) >= 11 is 0. The van der Waals surface area contributed by atoms with Gasteiger partial charge in [0.25, 0.3) is 15.9 Å². The van der Waals surface area contributed by atoms with Crippen LogP contribution in [0.5, 0.6) is 0 Å². The Morgan fingerprint density at radius 2 is 1.73 bits per heavy atom. The summed E-state index contributed by atoms with van der Waals surface area (Å²) < 4.78 is 58.6. The molecule has 1 heterocycles. The SMILES string of the molecule is O=C(Nc1cccc(NS(=O)(=O)c2cc(F)ccc2F)c1)c1ccco1. The highest BCUT2D eigenvalue weighted by molar-refractivity contribution is 7.92. The number of nitrogens with one attached hydrogen (secondary N) is 2. The topological polar surface area (TPSA) is 88.4 Å². The van der Waals surface area contributed by atoms with Gasteiger partial charge in [-0.3, -0.25) is 9.52 Å². The van der Waals surface area contributed by atoms with Gasteiger partial charge in [0.2, 0.25) is 0 Å². The minimum atomic E-state index is -4.35. The zero-order chi connectivity index (χ0) is 18.7. The maximum atomic E-state index is 13.7. The van der Waals surface area contributed by atoms with Crippen LogP contribution in [0.3, 0.4) is 0 Å². The highest BCUT2D eigenvalue weighted by atomic mass is 32.2. The van der Waals surface area contributed by atoms with Gasteiger partial charge in [0.15, 0.2) is 5.76 Å². The molecule has 1 amide bonds. The Hall–Kier alpha value is -3.20. The van der Waals surface area contributed by atoms with E-state index in [9.17, 15) is 22.0 Å². The number of amides is 1. The van der Waals surface area contributed by atoms with Crippen LogP contribution in [0.1, 0.15) is 10.6 Å². The van der Waals surface area contributed by atoms with Crippen molar-refractivity contribution in [3.63, 3.8) is 0 Å². The van der Waals surface area contributed by atoms with Gasteiger partial charge in [0, 0.05) is 5.69 Å². The van der Waals surface area contributed by atoms with E-state index in [2.05, 4.69) is 10.0 Å². The number of halogens is 2. The number of rotatable bonds is 5. The van der Waals surface area contributed by atoms with Gasteiger partial charge in [-0.25, -0.2) is 17.2 Å². The normalized spacial score (nSPS) is 11.2. The fourth-order valence-electron chi connectivity index (χ4n) is 2.15. The number of carbonyl (C=O) groups is 1. The zero-order valence-electron chi connectivity index (χ0n) is 13.1. The smallest absolute Gasteiger partial charge is 0.291 e. The lowest BCUT2D eigenvalue weighted by atomic mass is 10.3. The fraction of sp³-hybridized carbons (Fsp3) is 0. The first-order valence-electron chi connectivity index (χ1n) is 7.28. The van der Waals surface area contributed by atoms with E-state index >= 15 is 0 Å². The molecule has 0 aliphatic rings. The third-order valence-electron chi connectivity index (χ3n) is 3.30. The number of hydrogen-bond acceptors (Lipinski definition) is 4. The van der Waals surface area contributed by atoms with Crippen molar-refractivity contribution < 1.29 is 26.4 Å². The maximum Gasteiger partial charge on any atom is 0.291 e. The van der Waals surface area contributed by atoms with Crippen molar-refractivity contribution >= 4 is 27.3 Å². The number of sulfonamides is 1. The molecule has 0 atom stereocenters. The second-order valence-corrected chi connectivity index (χ2v) is 6.84. The van der Waals surface area contributed by atoms with Crippen molar-refractivity contribution in [1.29, 1.82) is 0 Å². The summed E-state index contributed by atoms with van der Waals surface area (Å²) in [6, 6.07) is 10.9. The lowest BCUT2D eigenvalue weighted by Crippen LogP contribution is -2.15. The molecule has 9 heteroatoms. The molecule has 0 saturated carbocycles. The average Bonchev–Trinajstić information content (AvgIpc) is 3.11. The van der Waals surface area contributed by atoms with Gasteiger partial charge in [0.05, 0.1) is 12.0 Å². The van der Waals surface area contributed by atoms with Crippen molar-refractivity contribution in [2.75, 3.05) is 10.0 Å². The van der Waals surface area contributed by atoms with Gasteiger partial charge in [-0.05, 0) is 48.5 Å². The fourth-order valence-corrected chi connectivity index (χ4v) is 3.29. The molecular formula is C17H12F2N2O4S. The van der Waals surface area contributed by atoms with Crippen LogP contribution >= 0.6 is 0 Å². The number of anilines is 2. The van der Waals surface area contributed by atoms with Crippen LogP contribution in [-0.4, -0.2) is 14.3 Å². The van der Waals surface area contributed by atoms with Crippen molar-refractivity contribution in [1.82, 2.24) is 0 Å². The number of hydrogen-bond donors (Lipinski definition) is 2. The van der Waals surface area contributed by atoms with Crippen molar-refractivity contribution in [3.05, 3.63) is 78.3 Å². The summed E-state index contributed by atoms with van der Waals surface area (Å²) in [6.07, 6.45) is 1.34. The molecular weight excluding hydrogens is 366 g/mol. The molecule has 0 aliphatic heterocycles. The summed E-state index contributed by atoms with van der Waals surface area (Å²) in [5.41, 5.74) is 0.345. The molecule has 0 aliphatic carbocycles. The van der Waals surface area contributed by atoms with Crippen LogP contribution in [0.25, 0.3) is 0 Å². The Morgan fingerprint density at radius 3 is 2.46 bits per heavy atom. The molecule has 1 aromatic heterocycles. The summed E-state index contributed by atoms with van der Waals surface area (Å²) in [5.74, 6) is -2.41. The second-order valence-electron chi connectivity index (χ2n) is 5.19. The van der Waals surface area contributed by atoms with Crippen LogP contribution in [0.15, 0.2) is 70.2 Å². The molecule has 0 fully saturated rings. The molecule has 0 saturated heterocycles. The van der Waals surface area contributed by atoms with Crippen molar-refractivity contribution in [2.45, 2.75) is 4.90 Å². The minimum absolute atomic E-state index is 0.0610. The summed E-state index contributed by atoms with van der Waals surface area (Å²) in [4.78, 5) is 11.1. The average molecular weight is 378 g/mol. The van der Waals surface area contributed by atoms with Crippen LogP contribution in [-0.2, 0) is 10.0 Å². The van der Waals surface area contributed by atoms with Gasteiger partial charge in [-0.15, -0.1) is 0 Å². The predicted molar refractivity (Wildman–Crippen MR) is 90.3 cm³/mol. The highest BCUT2D eigenvalue weighted by Gasteiger charge is 2.20. The number of benzene rings is 2. The summed E-state index contributed by atoms with van der Waals surface area (Å²) in [7, 11) is -4.35. The van der Waals surface area contributed by atoms with Gasteiger partial charge < -0.3 is 9.73 Å². The van der Waals surface area contributed by atoms with Crippen LogP contribution < -0.4 is 10.0 Å². The van der Waals surface area contributed by atoms with Gasteiger partial charge in [-0.2, -0.15) is 0 Å². The molecule has 2 N–H and O–H groups in total. The van der Waals surface area contributed by atoms with Crippen LogP contribution in [0.4, 0.5) is 20.2 Å². The number of carbonyl (C=O) groups excluding carboxylic acids is 1. The maximum absolute atomic E-state index is 13.7. The van der Waals surface area contributed by atoms with Crippen LogP contribution in [0.2, 0.25) is 0 Å². The van der Waals surface area contributed by atoms with E-state index in [0.717, 1.165) is 12.1 Å². The van der Waals surface area contributed by atoms with Gasteiger partial charge in [0.1, 0.15) is 16.5 Å². The Morgan fingerprint density at radius 1 is 0.962 bits per heavy atom. The largest absolute Gasteiger partial charge is 0.459 e. The molecule has 3 aromatic rings. The van der Waals surface area contributed by atoms with Crippen molar-refractivity contribution in [2.24, 2.45) is 0 Å². The first-order valence-corrected chi connectivity index (χ1v) is 8.76. The van der Waals surface area contributed by atoms with E-state index in [-0.39, 0.29) is 17.1 Å². The van der Waals surface area contributed by atoms with Gasteiger partial charge >= 0.3 is 0 Å². The first-order chi connectivity index (χ1) is 12.3. The Bertz CT molecular complexity index is 1050.